The lowest BCUT2D eigenvalue weighted by atomic mass is 10.1. The highest BCUT2D eigenvalue weighted by Crippen LogP contribution is 2.17. The van der Waals surface area contributed by atoms with Crippen LogP contribution in [0.25, 0.3) is 0 Å². The Labute approximate surface area is 183 Å². The minimum Gasteiger partial charge on any atom is -0.348 e. The molecule has 0 radical (unpaired) electrons. The minimum atomic E-state index is -0.778. The van der Waals surface area contributed by atoms with Gasteiger partial charge >= 0.3 is 11.8 Å². The quantitative estimate of drug-likeness (QED) is 0.598. The predicted molar refractivity (Wildman–Crippen MR) is 121 cm³/mol. The van der Waals surface area contributed by atoms with E-state index in [1.807, 2.05) is 31.2 Å². The van der Waals surface area contributed by atoms with E-state index in [0.29, 0.717) is 24.3 Å². The highest BCUT2D eigenvalue weighted by Gasteiger charge is 2.25. The zero-order valence-electron chi connectivity index (χ0n) is 18.1. The second-order valence-electron chi connectivity index (χ2n) is 7.81. The Bertz CT molecular complexity index is 944. The van der Waals surface area contributed by atoms with Crippen molar-refractivity contribution in [2.75, 3.05) is 25.0 Å². The van der Waals surface area contributed by atoms with E-state index in [2.05, 4.69) is 27.8 Å². The van der Waals surface area contributed by atoms with Crippen molar-refractivity contribution >= 4 is 23.4 Å². The maximum Gasteiger partial charge on any atom is 0.313 e. The van der Waals surface area contributed by atoms with Crippen LogP contribution in [-0.2, 0) is 16.1 Å². The van der Waals surface area contributed by atoms with Crippen LogP contribution in [0.5, 0.6) is 0 Å². The van der Waals surface area contributed by atoms with Gasteiger partial charge < -0.3 is 16.0 Å². The average molecular weight is 423 g/mol. The van der Waals surface area contributed by atoms with Gasteiger partial charge in [-0.3, -0.25) is 19.3 Å². The third-order valence-electron chi connectivity index (χ3n) is 5.57. The number of hydrogen-bond donors (Lipinski definition) is 3. The number of likely N-dealkylation sites (tertiary alicyclic amines) is 1. The van der Waals surface area contributed by atoms with Crippen molar-refractivity contribution in [1.82, 2.24) is 15.5 Å². The number of carbonyl (C=O) groups excluding carboxylic acids is 3. The van der Waals surface area contributed by atoms with Crippen LogP contribution >= 0.6 is 0 Å². The van der Waals surface area contributed by atoms with Crippen molar-refractivity contribution in [2.24, 2.45) is 0 Å². The average Bonchev–Trinajstić information content (AvgIpc) is 3.24. The van der Waals surface area contributed by atoms with E-state index >= 15 is 0 Å². The zero-order valence-corrected chi connectivity index (χ0v) is 18.1. The number of benzene rings is 2. The van der Waals surface area contributed by atoms with Gasteiger partial charge in [0.15, 0.2) is 0 Å². The van der Waals surface area contributed by atoms with Crippen LogP contribution in [0.15, 0.2) is 48.5 Å². The van der Waals surface area contributed by atoms with Crippen molar-refractivity contribution in [3.63, 3.8) is 0 Å². The SMILES string of the molecule is CCN1CCC[C@H]1CNC(=O)C(=O)Nc1ccccc1C(=O)NCc1cccc(C)c1. The first-order chi connectivity index (χ1) is 15.0. The van der Waals surface area contributed by atoms with Crippen LogP contribution in [0.2, 0.25) is 0 Å². The number of nitrogens with zero attached hydrogens (tertiary/aromatic N) is 1. The molecule has 164 valence electrons. The van der Waals surface area contributed by atoms with E-state index in [9.17, 15) is 14.4 Å². The number of likely N-dealkylation sites (N-methyl/N-ethyl adjacent to an activating group) is 1. The Kier molecular flexibility index (Phi) is 7.78. The number of hydrogen-bond acceptors (Lipinski definition) is 4. The fraction of sp³-hybridized carbons (Fsp3) is 0.375. The first kappa shape index (κ1) is 22.5. The maximum absolute atomic E-state index is 12.7. The molecular formula is C24H30N4O3. The van der Waals surface area contributed by atoms with Gasteiger partial charge in [-0.25, -0.2) is 0 Å². The molecule has 0 saturated carbocycles. The third-order valence-corrected chi connectivity index (χ3v) is 5.57. The number of anilines is 1. The molecule has 0 unspecified atom stereocenters. The zero-order chi connectivity index (χ0) is 22.2. The molecule has 3 rings (SSSR count). The molecule has 1 fully saturated rings. The van der Waals surface area contributed by atoms with Gasteiger partial charge in [0, 0.05) is 19.1 Å². The monoisotopic (exact) mass is 422 g/mol. The molecule has 1 aliphatic rings. The second kappa shape index (κ2) is 10.7. The Morgan fingerprint density at radius 2 is 1.84 bits per heavy atom. The number of para-hydroxylation sites is 1. The number of nitrogens with one attached hydrogen (secondary N) is 3. The van der Waals surface area contributed by atoms with Crippen LogP contribution < -0.4 is 16.0 Å². The summed E-state index contributed by atoms with van der Waals surface area (Å²) < 4.78 is 0. The smallest absolute Gasteiger partial charge is 0.313 e. The molecule has 0 bridgehead atoms. The van der Waals surface area contributed by atoms with Crippen LogP contribution in [0.4, 0.5) is 5.69 Å². The standard InChI is InChI=1S/C24H30N4O3/c1-3-28-13-7-10-19(28)16-26-23(30)24(31)27-21-12-5-4-11-20(21)22(29)25-15-18-9-6-8-17(2)14-18/h4-6,8-9,11-12,14,19H,3,7,10,13,15-16H2,1-2H3,(H,25,29)(H,26,30)(H,27,31)/t19-/m0/s1. The second-order valence-corrected chi connectivity index (χ2v) is 7.81. The highest BCUT2D eigenvalue weighted by molar-refractivity contribution is 6.40. The maximum atomic E-state index is 12.7. The van der Waals surface area contributed by atoms with E-state index in [-0.39, 0.29) is 11.9 Å². The number of carbonyl (C=O) groups is 3. The molecule has 1 heterocycles. The molecule has 0 aliphatic carbocycles. The first-order valence-corrected chi connectivity index (χ1v) is 10.7. The van der Waals surface area contributed by atoms with Crippen molar-refractivity contribution in [1.29, 1.82) is 0 Å². The summed E-state index contributed by atoms with van der Waals surface area (Å²) in [5.74, 6) is -1.79. The van der Waals surface area contributed by atoms with Crippen LogP contribution in [-0.4, -0.2) is 48.3 Å². The van der Waals surface area contributed by atoms with Crippen molar-refractivity contribution in [3.05, 3.63) is 65.2 Å². The van der Waals surface area contributed by atoms with E-state index in [1.165, 1.54) is 0 Å². The summed E-state index contributed by atoms with van der Waals surface area (Å²) in [6.45, 7) is 6.85. The molecule has 31 heavy (non-hydrogen) atoms. The van der Waals surface area contributed by atoms with Crippen LogP contribution in [0.3, 0.4) is 0 Å². The van der Waals surface area contributed by atoms with Crippen molar-refractivity contribution in [3.8, 4) is 0 Å². The topological polar surface area (TPSA) is 90.5 Å². The summed E-state index contributed by atoms with van der Waals surface area (Å²) in [5.41, 5.74) is 2.72. The molecule has 3 amide bonds. The third kappa shape index (κ3) is 6.15. The summed E-state index contributed by atoms with van der Waals surface area (Å²) in [5, 5.41) is 8.15. The molecule has 7 nitrogen and oxygen atoms in total. The molecule has 3 N–H and O–H groups in total. The normalized spacial score (nSPS) is 16.0. The lowest BCUT2D eigenvalue weighted by molar-refractivity contribution is -0.136. The minimum absolute atomic E-state index is 0.265. The van der Waals surface area contributed by atoms with Gasteiger partial charge in [0.2, 0.25) is 0 Å². The van der Waals surface area contributed by atoms with Gasteiger partial charge in [-0.1, -0.05) is 48.9 Å². The lowest BCUT2D eigenvalue weighted by Gasteiger charge is -2.22. The van der Waals surface area contributed by atoms with Gasteiger partial charge in [-0.15, -0.1) is 0 Å². The Morgan fingerprint density at radius 1 is 1.03 bits per heavy atom. The van der Waals surface area contributed by atoms with Gasteiger partial charge in [0.1, 0.15) is 0 Å². The first-order valence-electron chi connectivity index (χ1n) is 10.7. The molecule has 1 atom stereocenters. The summed E-state index contributed by atoms with van der Waals surface area (Å²) >= 11 is 0. The van der Waals surface area contributed by atoms with E-state index in [1.54, 1.807) is 24.3 Å². The molecule has 0 aromatic heterocycles. The van der Waals surface area contributed by atoms with Crippen molar-refractivity contribution in [2.45, 2.75) is 39.3 Å². The molecule has 7 heteroatoms. The summed E-state index contributed by atoms with van der Waals surface area (Å²) in [6.07, 6.45) is 2.12. The van der Waals surface area contributed by atoms with Gasteiger partial charge in [0.05, 0.1) is 11.3 Å². The molecule has 2 aromatic rings. The Hall–Kier alpha value is -3.19. The fourth-order valence-corrected chi connectivity index (χ4v) is 3.90. The van der Waals surface area contributed by atoms with E-state index in [4.69, 9.17) is 0 Å². The number of amides is 3. The summed E-state index contributed by atoms with van der Waals surface area (Å²) in [6, 6.07) is 14.8. The summed E-state index contributed by atoms with van der Waals surface area (Å²) in [4.78, 5) is 39.6. The Morgan fingerprint density at radius 3 is 2.61 bits per heavy atom. The van der Waals surface area contributed by atoms with Gasteiger partial charge in [-0.05, 0) is 50.6 Å². The highest BCUT2D eigenvalue weighted by atomic mass is 16.2. The van der Waals surface area contributed by atoms with Crippen molar-refractivity contribution < 1.29 is 14.4 Å². The van der Waals surface area contributed by atoms with Crippen LogP contribution in [0.1, 0.15) is 41.3 Å². The van der Waals surface area contributed by atoms with E-state index in [0.717, 1.165) is 37.1 Å². The molecule has 0 spiro atoms. The van der Waals surface area contributed by atoms with Gasteiger partial charge in [-0.2, -0.15) is 0 Å². The summed E-state index contributed by atoms with van der Waals surface area (Å²) in [7, 11) is 0. The molecule has 1 saturated heterocycles. The largest absolute Gasteiger partial charge is 0.348 e. The molecule has 1 aliphatic heterocycles. The lowest BCUT2D eigenvalue weighted by Crippen LogP contribution is -2.43. The van der Waals surface area contributed by atoms with Crippen LogP contribution in [0, 0.1) is 6.92 Å². The van der Waals surface area contributed by atoms with E-state index < -0.39 is 11.8 Å². The number of aryl methyl sites for hydroxylation is 1. The Balaban J connectivity index is 1.57. The molecular weight excluding hydrogens is 392 g/mol. The predicted octanol–water partition coefficient (Wildman–Crippen LogP) is 2.46. The fourth-order valence-electron chi connectivity index (χ4n) is 3.90. The number of rotatable bonds is 7. The van der Waals surface area contributed by atoms with Gasteiger partial charge in [0.25, 0.3) is 5.91 Å². The molecule has 2 aromatic carbocycles.